The zero-order valence-electron chi connectivity index (χ0n) is 9.47. The zero-order valence-corrected chi connectivity index (χ0v) is 11.1. The van der Waals surface area contributed by atoms with Gasteiger partial charge < -0.3 is 5.32 Å². The van der Waals surface area contributed by atoms with Crippen LogP contribution in [0.15, 0.2) is 16.6 Å². The van der Waals surface area contributed by atoms with Crippen molar-refractivity contribution >= 4 is 21.6 Å². The molecule has 0 saturated carbocycles. The third kappa shape index (κ3) is 1.91. The van der Waals surface area contributed by atoms with E-state index in [1.165, 1.54) is 16.8 Å². The normalized spacial score (nSPS) is 21.2. The highest BCUT2D eigenvalue weighted by Crippen LogP contribution is 2.35. The monoisotopic (exact) mass is 268 g/mol. The molecule has 0 bridgehead atoms. The van der Waals surface area contributed by atoms with Crippen molar-refractivity contribution < 1.29 is 0 Å². The van der Waals surface area contributed by atoms with Gasteiger partial charge in [-0.3, -0.25) is 4.90 Å². The maximum absolute atomic E-state index is 3.57. The van der Waals surface area contributed by atoms with Crippen LogP contribution in [-0.4, -0.2) is 25.5 Å². The van der Waals surface area contributed by atoms with Crippen LogP contribution in [0.1, 0.15) is 24.1 Å². The lowest BCUT2D eigenvalue weighted by Crippen LogP contribution is -2.30. The Kier molecular flexibility index (Phi) is 3.03. The van der Waals surface area contributed by atoms with Crippen molar-refractivity contribution in [3.63, 3.8) is 0 Å². The Morgan fingerprint density at radius 1 is 1.47 bits per heavy atom. The van der Waals surface area contributed by atoms with Gasteiger partial charge >= 0.3 is 0 Å². The predicted molar refractivity (Wildman–Crippen MR) is 68.4 cm³/mol. The molecule has 2 nitrogen and oxygen atoms in total. The van der Waals surface area contributed by atoms with Crippen molar-refractivity contribution in [2.24, 2.45) is 0 Å². The fourth-order valence-electron chi connectivity index (χ4n) is 2.25. The van der Waals surface area contributed by atoms with Gasteiger partial charge in [-0.2, -0.15) is 0 Å². The molecular weight excluding hydrogens is 252 g/mol. The van der Waals surface area contributed by atoms with Gasteiger partial charge in [0, 0.05) is 29.8 Å². The SMILES string of the molecule is CNc1cc(Br)cc2c1CCN(C)C2C. The average Bonchev–Trinajstić information content (AvgIpc) is 2.23. The van der Waals surface area contributed by atoms with Crippen molar-refractivity contribution in [1.29, 1.82) is 0 Å². The van der Waals surface area contributed by atoms with Gasteiger partial charge in [-0.15, -0.1) is 0 Å². The second-order valence-electron chi connectivity index (χ2n) is 4.18. The molecule has 1 heterocycles. The molecule has 1 aromatic rings. The number of fused-ring (bicyclic) bond motifs is 1. The summed E-state index contributed by atoms with van der Waals surface area (Å²) in [4.78, 5) is 2.40. The predicted octanol–water partition coefficient (Wildman–Crippen LogP) is 3.04. The summed E-state index contributed by atoms with van der Waals surface area (Å²) in [5.74, 6) is 0. The summed E-state index contributed by atoms with van der Waals surface area (Å²) in [5, 5.41) is 3.28. The molecule has 0 spiro atoms. The number of hydrogen-bond donors (Lipinski definition) is 1. The van der Waals surface area contributed by atoms with Crippen molar-refractivity contribution in [1.82, 2.24) is 4.90 Å². The highest BCUT2D eigenvalue weighted by Gasteiger charge is 2.23. The van der Waals surface area contributed by atoms with Crippen LogP contribution in [0.2, 0.25) is 0 Å². The van der Waals surface area contributed by atoms with Gasteiger partial charge in [-0.05, 0) is 43.7 Å². The minimum absolute atomic E-state index is 0.512. The van der Waals surface area contributed by atoms with E-state index in [0.717, 1.165) is 17.4 Å². The maximum atomic E-state index is 3.57. The molecular formula is C12H17BrN2. The Bertz CT molecular complexity index is 376. The van der Waals surface area contributed by atoms with Crippen molar-refractivity contribution in [3.05, 3.63) is 27.7 Å². The van der Waals surface area contributed by atoms with E-state index in [1.54, 1.807) is 0 Å². The first kappa shape index (κ1) is 11.0. The molecule has 1 N–H and O–H groups in total. The van der Waals surface area contributed by atoms with Crippen LogP contribution in [0.4, 0.5) is 5.69 Å². The van der Waals surface area contributed by atoms with Gasteiger partial charge in [0.15, 0.2) is 0 Å². The molecule has 0 fully saturated rings. The van der Waals surface area contributed by atoms with E-state index in [-0.39, 0.29) is 0 Å². The van der Waals surface area contributed by atoms with Crippen molar-refractivity contribution in [2.45, 2.75) is 19.4 Å². The number of hydrogen-bond acceptors (Lipinski definition) is 2. The quantitative estimate of drug-likeness (QED) is 0.843. The van der Waals surface area contributed by atoms with E-state index < -0.39 is 0 Å². The Morgan fingerprint density at radius 3 is 2.87 bits per heavy atom. The first-order valence-corrected chi connectivity index (χ1v) is 6.13. The Morgan fingerprint density at radius 2 is 2.20 bits per heavy atom. The number of nitrogens with one attached hydrogen (secondary N) is 1. The lowest BCUT2D eigenvalue weighted by atomic mass is 9.92. The van der Waals surface area contributed by atoms with E-state index in [4.69, 9.17) is 0 Å². The molecule has 1 aromatic carbocycles. The number of rotatable bonds is 1. The highest BCUT2D eigenvalue weighted by atomic mass is 79.9. The number of likely N-dealkylation sites (N-methyl/N-ethyl adjacent to an activating group) is 1. The van der Waals surface area contributed by atoms with Crippen LogP contribution in [0, 0.1) is 0 Å². The summed E-state index contributed by atoms with van der Waals surface area (Å²) >= 11 is 3.57. The van der Waals surface area contributed by atoms with Crippen LogP contribution >= 0.6 is 15.9 Å². The summed E-state index contributed by atoms with van der Waals surface area (Å²) in [5.41, 5.74) is 4.19. The fraction of sp³-hybridized carbons (Fsp3) is 0.500. The zero-order chi connectivity index (χ0) is 11.0. The molecule has 15 heavy (non-hydrogen) atoms. The Labute approximate surface area is 99.8 Å². The second kappa shape index (κ2) is 4.14. The Hall–Kier alpha value is -0.540. The van der Waals surface area contributed by atoms with Crippen molar-refractivity contribution in [3.8, 4) is 0 Å². The Balaban J connectivity index is 2.53. The van der Waals surface area contributed by atoms with Crippen LogP contribution in [0.3, 0.4) is 0 Å². The molecule has 0 radical (unpaired) electrons. The number of nitrogens with zero attached hydrogens (tertiary/aromatic N) is 1. The van der Waals surface area contributed by atoms with E-state index >= 15 is 0 Å². The van der Waals surface area contributed by atoms with Crippen LogP contribution < -0.4 is 5.32 Å². The van der Waals surface area contributed by atoms with E-state index in [9.17, 15) is 0 Å². The number of anilines is 1. The second-order valence-corrected chi connectivity index (χ2v) is 5.09. The van der Waals surface area contributed by atoms with E-state index in [1.807, 2.05) is 7.05 Å². The van der Waals surface area contributed by atoms with Crippen LogP contribution in [0.5, 0.6) is 0 Å². The molecule has 1 unspecified atom stereocenters. The van der Waals surface area contributed by atoms with Gasteiger partial charge in [0.05, 0.1) is 0 Å². The van der Waals surface area contributed by atoms with E-state index in [0.29, 0.717) is 6.04 Å². The summed E-state index contributed by atoms with van der Waals surface area (Å²) < 4.78 is 1.16. The average molecular weight is 269 g/mol. The topological polar surface area (TPSA) is 15.3 Å². The maximum Gasteiger partial charge on any atom is 0.0385 e. The van der Waals surface area contributed by atoms with Gasteiger partial charge in [-0.25, -0.2) is 0 Å². The molecule has 1 atom stereocenters. The first-order chi connectivity index (χ1) is 7.13. The highest BCUT2D eigenvalue weighted by molar-refractivity contribution is 9.10. The minimum atomic E-state index is 0.512. The first-order valence-electron chi connectivity index (χ1n) is 5.33. The smallest absolute Gasteiger partial charge is 0.0385 e. The molecule has 0 saturated heterocycles. The molecule has 1 aliphatic rings. The summed E-state index contributed by atoms with van der Waals surface area (Å²) in [7, 11) is 4.18. The third-order valence-corrected chi connectivity index (χ3v) is 3.80. The molecule has 3 heteroatoms. The van der Waals surface area contributed by atoms with Crippen LogP contribution in [0.25, 0.3) is 0 Å². The van der Waals surface area contributed by atoms with Gasteiger partial charge in [-0.1, -0.05) is 15.9 Å². The standard InChI is InChI=1S/C12H17BrN2/c1-8-11-6-9(13)7-12(14-2)10(11)4-5-15(8)3/h6-8,14H,4-5H2,1-3H3. The largest absolute Gasteiger partial charge is 0.388 e. The molecule has 1 aliphatic heterocycles. The summed E-state index contributed by atoms with van der Waals surface area (Å²) in [6, 6.07) is 4.92. The minimum Gasteiger partial charge on any atom is -0.388 e. The lowest BCUT2D eigenvalue weighted by Gasteiger charge is -2.33. The van der Waals surface area contributed by atoms with Gasteiger partial charge in [0.2, 0.25) is 0 Å². The van der Waals surface area contributed by atoms with Gasteiger partial charge in [0.1, 0.15) is 0 Å². The molecule has 0 aliphatic carbocycles. The molecule has 0 aromatic heterocycles. The van der Waals surface area contributed by atoms with Crippen LogP contribution in [-0.2, 0) is 6.42 Å². The number of benzene rings is 1. The molecule has 2 rings (SSSR count). The summed E-state index contributed by atoms with van der Waals surface area (Å²) in [6.45, 7) is 3.41. The van der Waals surface area contributed by atoms with E-state index in [2.05, 4.69) is 52.3 Å². The summed E-state index contributed by atoms with van der Waals surface area (Å²) in [6.07, 6.45) is 1.14. The number of halogens is 1. The molecule has 82 valence electrons. The van der Waals surface area contributed by atoms with Crippen molar-refractivity contribution in [2.75, 3.05) is 26.0 Å². The molecule has 0 amide bonds. The third-order valence-electron chi connectivity index (χ3n) is 3.34. The lowest BCUT2D eigenvalue weighted by molar-refractivity contribution is 0.248. The fourth-order valence-corrected chi connectivity index (χ4v) is 2.73. The van der Waals surface area contributed by atoms with Gasteiger partial charge in [0.25, 0.3) is 0 Å².